The summed E-state index contributed by atoms with van der Waals surface area (Å²) in [5.41, 5.74) is 1.25. The summed E-state index contributed by atoms with van der Waals surface area (Å²) in [6, 6.07) is 11.4. The lowest BCUT2D eigenvalue weighted by atomic mass is 10.0. The van der Waals surface area contributed by atoms with E-state index < -0.39 is 11.7 Å². The van der Waals surface area contributed by atoms with Crippen molar-refractivity contribution in [2.75, 3.05) is 5.32 Å². The highest BCUT2D eigenvalue weighted by Crippen LogP contribution is 2.38. The lowest BCUT2D eigenvalue weighted by molar-refractivity contribution is -0.136. The Morgan fingerprint density at radius 2 is 1.67 bits per heavy atom. The van der Waals surface area contributed by atoms with Gasteiger partial charge >= 0.3 is 6.18 Å². The fourth-order valence-corrected chi connectivity index (χ4v) is 2.44. The molecule has 2 rings (SSSR count). The summed E-state index contributed by atoms with van der Waals surface area (Å²) in [5, 5.41) is 2.90. The monoisotopic (exact) mass is 313 g/mol. The molecule has 2 aromatic rings. The van der Waals surface area contributed by atoms with Crippen LogP contribution in [0.2, 0.25) is 5.02 Å². The summed E-state index contributed by atoms with van der Waals surface area (Å²) in [6.07, 6.45) is -3.61. The van der Waals surface area contributed by atoms with Crippen molar-refractivity contribution in [1.82, 2.24) is 0 Å². The molecule has 1 N–H and O–H groups in total. The van der Waals surface area contributed by atoms with Gasteiger partial charge in [0.25, 0.3) is 0 Å². The van der Waals surface area contributed by atoms with Crippen LogP contribution < -0.4 is 5.32 Å². The van der Waals surface area contributed by atoms with E-state index in [0.29, 0.717) is 6.54 Å². The second-order valence-corrected chi connectivity index (χ2v) is 5.04. The average molecular weight is 314 g/mol. The topological polar surface area (TPSA) is 12.0 Å². The van der Waals surface area contributed by atoms with Crippen molar-refractivity contribution >= 4 is 17.3 Å². The molecule has 2 aromatic carbocycles. The molecule has 0 amide bonds. The van der Waals surface area contributed by atoms with E-state index in [-0.39, 0.29) is 10.7 Å². The Labute approximate surface area is 126 Å². The minimum absolute atomic E-state index is 0.0683. The molecule has 0 unspecified atom stereocenters. The summed E-state index contributed by atoms with van der Waals surface area (Å²) in [6.45, 7) is 2.31. The van der Waals surface area contributed by atoms with Gasteiger partial charge in [-0.25, -0.2) is 0 Å². The maximum atomic E-state index is 13.0. The predicted octanol–water partition coefficient (Wildman–Crippen LogP) is 5.53. The van der Waals surface area contributed by atoms with E-state index >= 15 is 0 Å². The van der Waals surface area contributed by atoms with Gasteiger partial charge in [-0.15, -0.1) is 0 Å². The first kappa shape index (κ1) is 15.7. The number of benzene rings is 2. The van der Waals surface area contributed by atoms with Crippen molar-refractivity contribution in [2.45, 2.75) is 26.1 Å². The Bertz CT molecular complexity index is 623. The van der Waals surface area contributed by atoms with Gasteiger partial charge in [-0.2, -0.15) is 13.2 Å². The molecule has 0 atom stereocenters. The first-order valence-electron chi connectivity index (χ1n) is 6.60. The average Bonchev–Trinajstić information content (AvgIpc) is 2.45. The lowest BCUT2D eigenvalue weighted by Gasteiger charge is -2.17. The highest BCUT2D eigenvalue weighted by molar-refractivity contribution is 6.33. The molecule has 5 heteroatoms. The molecular formula is C16H15ClF3N. The first-order chi connectivity index (χ1) is 9.93. The quantitative estimate of drug-likeness (QED) is 0.782. The van der Waals surface area contributed by atoms with Crippen molar-refractivity contribution in [3.63, 3.8) is 0 Å². The molecule has 0 saturated carbocycles. The summed E-state index contributed by atoms with van der Waals surface area (Å²) in [7, 11) is 0. The number of anilines is 1. The number of halogens is 4. The van der Waals surface area contributed by atoms with Gasteiger partial charge in [-0.3, -0.25) is 0 Å². The highest BCUT2D eigenvalue weighted by atomic mass is 35.5. The molecule has 0 radical (unpaired) electrons. The number of para-hydroxylation sites is 1. The van der Waals surface area contributed by atoms with Gasteiger partial charge < -0.3 is 5.32 Å². The van der Waals surface area contributed by atoms with Crippen LogP contribution in [0, 0.1) is 0 Å². The van der Waals surface area contributed by atoms with Gasteiger partial charge in [-0.05, 0) is 29.7 Å². The molecule has 0 heterocycles. The summed E-state index contributed by atoms with van der Waals surface area (Å²) in [5.74, 6) is 0. The number of nitrogens with one attached hydrogen (secondary N) is 1. The predicted molar refractivity (Wildman–Crippen MR) is 79.6 cm³/mol. The normalized spacial score (nSPS) is 11.5. The minimum atomic E-state index is -4.43. The van der Waals surface area contributed by atoms with E-state index in [1.54, 1.807) is 0 Å². The number of rotatable bonds is 4. The third-order valence-electron chi connectivity index (χ3n) is 3.27. The second-order valence-electron chi connectivity index (χ2n) is 4.64. The zero-order valence-corrected chi connectivity index (χ0v) is 12.2. The maximum Gasteiger partial charge on any atom is 0.418 e. The third kappa shape index (κ3) is 3.70. The molecule has 0 saturated heterocycles. The molecule has 0 bridgehead atoms. The lowest BCUT2D eigenvalue weighted by Crippen LogP contribution is -2.11. The minimum Gasteiger partial charge on any atom is -0.379 e. The molecule has 112 valence electrons. The van der Waals surface area contributed by atoms with Crippen LogP contribution in [-0.4, -0.2) is 0 Å². The Balaban J connectivity index is 2.28. The summed E-state index contributed by atoms with van der Waals surface area (Å²) < 4.78 is 39.0. The van der Waals surface area contributed by atoms with Crippen LogP contribution in [0.15, 0.2) is 42.5 Å². The van der Waals surface area contributed by atoms with E-state index in [1.165, 1.54) is 12.1 Å². The smallest absolute Gasteiger partial charge is 0.379 e. The molecule has 0 aliphatic rings. The molecule has 0 aliphatic heterocycles. The van der Waals surface area contributed by atoms with Crippen molar-refractivity contribution in [2.24, 2.45) is 0 Å². The van der Waals surface area contributed by atoms with Crippen LogP contribution >= 0.6 is 11.6 Å². The molecule has 0 aromatic heterocycles. The van der Waals surface area contributed by atoms with Crippen LogP contribution in [0.5, 0.6) is 0 Å². The van der Waals surface area contributed by atoms with E-state index in [0.717, 1.165) is 23.6 Å². The fourth-order valence-electron chi connectivity index (χ4n) is 2.20. The standard InChI is InChI=1S/C16H15ClF3N/c1-2-11-6-3-4-7-12(11)10-21-15-13(16(18,19)20)8-5-9-14(15)17/h3-9,21H,2,10H2,1H3. The SMILES string of the molecule is CCc1ccccc1CNc1c(Cl)cccc1C(F)(F)F. The van der Waals surface area contributed by atoms with Gasteiger partial charge in [0, 0.05) is 6.54 Å². The van der Waals surface area contributed by atoms with Gasteiger partial charge in [0.2, 0.25) is 0 Å². The van der Waals surface area contributed by atoms with Gasteiger partial charge in [0.15, 0.2) is 0 Å². The van der Waals surface area contributed by atoms with E-state index in [1.807, 2.05) is 31.2 Å². The maximum absolute atomic E-state index is 13.0. The Hall–Kier alpha value is -1.68. The van der Waals surface area contributed by atoms with E-state index in [9.17, 15) is 13.2 Å². The van der Waals surface area contributed by atoms with Crippen LogP contribution in [-0.2, 0) is 19.1 Å². The Kier molecular flexibility index (Phi) is 4.78. The summed E-state index contributed by atoms with van der Waals surface area (Å²) >= 11 is 5.91. The van der Waals surface area contributed by atoms with Crippen molar-refractivity contribution in [3.8, 4) is 0 Å². The van der Waals surface area contributed by atoms with Crippen LogP contribution in [0.3, 0.4) is 0 Å². The molecule has 0 spiro atoms. The number of hydrogen-bond acceptors (Lipinski definition) is 1. The Morgan fingerprint density at radius 3 is 2.29 bits per heavy atom. The zero-order chi connectivity index (χ0) is 15.5. The molecule has 1 nitrogen and oxygen atoms in total. The number of hydrogen-bond donors (Lipinski definition) is 1. The van der Waals surface area contributed by atoms with Crippen molar-refractivity contribution in [3.05, 3.63) is 64.2 Å². The second kappa shape index (κ2) is 6.39. The van der Waals surface area contributed by atoms with E-state index in [2.05, 4.69) is 5.32 Å². The molecular weight excluding hydrogens is 299 g/mol. The van der Waals surface area contributed by atoms with Crippen LogP contribution in [0.1, 0.15) is 23.6 Å². The molecule has 21 heavy (non-hydrogen) atoms. The van der Waals surface area contributed by atoms with E-state index in [4.69, 9.17) is 11.6 Å². The van der Waals surface area contributed by atoms with Gasteiger partial charge in [0.1, 0.15) is 0 Å². The zero-order valence-electron chi connectivity index (χ0n) is 11.5. The largest absolute Gasteiger partial charge is 0.418 e. The van der Waals surface area contributed by atoms with Crippen LogP contribution in [0.4, 0.5) is 18.9 Å². The van der Waals surface area contributed by atoms with Gasteiger partial charge in [-0.1, -0.05) is 48.9 Å². The van der Waals surface area contributed by atoms with Crippen LogP contribution in [0.25, 0.3) is 0 Å². The van der Waals surface area contributed by atoms with Gasteiger partial charge in [0.05, 0.1) is 16.3 Å². The number of alkyl halides is 3. The Morgan fingerprint density at radius 1 is 1.00 bits per heavy atom. The molecule has 0 aliphatic carbocycles. The highest BCUT2D eigenvalue weighted by Gasteiger charge is 2.34. The summed E-state index contributed by atoms with van der Waals surface area (Å²) in [4.78, 5) is 0. The molecule has 0 fully saturated rings. The number of aryl methyl sites for hydroxylation is 1. The van der Waals surface area contributed by atoms with Crippen molar-refractivity contribution < 1.29 is 13.2 Å². The van der Waals surface area contributed by atoms with Crippen molar-refractivity contribution in [1.29, 1.82) is 0 Å². The first-order valence-corrected chi connectivity index (χ1v) is 6.97. The fraction of sp³-hybridized carbons (Fsp3) is 0.250. The third-order valence-corrected chi connectivity index (χ3v) is 3.59.